The summed E-state index contributed by atoms with van der Waals surface area (Å²) in [4.78, 5) is 0. The molecule has 1 rings (SSSR count). The molecular weight excluding hydrogens is 164 g/mol. The highest BCUT2D eigenvalue weighted by atomic mass is 16.4. The van der Waals surface area contributed by atoms with Gasteiger partial charge in [0.25, 0.3) is 0 Å². The lowest BCUT2D eigenvalue weighted by molar-refractivity contribution is 0.331. The molecule has 3 nitrogen and oxygen atoms in total. The van der Waals surface area contributed by atoms with Crippen LogP contribution in [0.3, 0.4) is 0 Å². The quantitative estimate of drug-likeness (QED) is 0.619. The Labute approximate surface area is 79.6 Å². The molecule has 1 aromatic rings. The van der Waals surface area contributed by atoms with E-state index in [2.05, 4.69) is 51.7 Å². The van der Waals surface area contributed by atoms with E-state index in [1.165, 1.54) is 0 Å². The Hall–Kier alpha value is -0.860. The normalized spacial score (nSPS) is 13.4. The second-order valence-corrected chi connectivity index (χ2v) is 5.41. The average Bonchev–Trinajstić information content (AvgIpc) is 2.28. The van der Waals surface area contributed by atoms with Crippen molar-refractivity contribution in [3.8, 4) is 0 Å². The van der Waals surface area contributed by atoms with E-state index in [0.29, 0.717) is 11.8 Å². The fourth-order valence-corrected chi connectivity index (χ4v) is 0.829. The van der Waals surface area contributed by atoms with Gasteiger partial charge in [-0.2, -0.15) is 0 Å². The van der Waals surface area contributed by atoms with Crippen LogP contribution >= 0.6 is 0 Å². The van der Waals surface area contributed by atoms with E-state index in [4.69, 9.17) is 4.42 Å². The minimum Gasteiger partial charge on any atom is -0.424 e. The molecule has 0 aliphatic heterocycles. The van der Waals surface area contributed by atoms with Gasteiger partial charge in [-0.15, -0.1) is 10.2 Å². The van der Waals surface area contributed by atoms with E-state index >= 15 is 0 Å². The fourth-order valence-electron chi connectivity index (χ4n) is 0.829. The third kappa shape index (κ3) is 2.29. The lowest BCUT2D eigenvalue weighted by Gasteiger charge is -2.14. The maximum Gasteiger partial charge on any atom is 0.221 e. The Morgan fingerprint density at radius 2 is 1.08 bits per heavy atom. The van der Waals surface area contributed by atoms with Gasteiger partial charge in [0.2, 0.25) is 11.8 Å². The van der Waals surface area contributed by atoms with E-state index < -0.39 is 0 Å². The summed E-state index contributed by atoms with van der Waals surface area (Å²) in [6.07, 6.45) is 0. The van der Waals surface area contributed by atoms with Gasteiger partial charge in [-0.25, -0.2) is 0 Å². The van der Waals surface area contributed by atoms with E-state index in [0.717, 1.165) is 0 Å². The summed E-state index contributed by atoms with van der Waals surface area (Å²) < 4.78 is 5.59. The first-order valence-electron chi connectivity index (χ1n) is 4.56. The molecule has 0 N–H and O–H groups in total. The molecule has 0 aliphatic carbocycles. The standard InChI is InChI=1S/C10H18N2O/c1-9(2,3)7-11-12-8(13-7)10(4,5)6/h1-6H3. The molecule has 0 radical (unpaired) electrons. The summed E-state index contributed by atoms with van der Waals surface area (Å²) in [7, 11) is 0. The SMILES string of the molecule is CC(C)(C)c1nnc(C(C)(C)C)o1. The predicted octanol–water partition coefficient (Wildman–Crippen LogP) is 2.66. The molecule has 0 amide bonds. The van der Waals surface area contributed by atoms with E-state index in [9.17, 15) is 0 Å². The van der Waals surface area contributed by atoms with Crippen molar-refractivity contribution in [1.82, 2.24) is 10.2 Å². The van der Waals surface area contributed by atoms with Crippen molar-refractivity contribution in [2.75, 3.05) is 0 Å². The average molecular weight is 182 g/mol. The van der Waals surface area contributed by atoms with Crippen LogP contribution in [0.1, 0.15) is 53.3 Å². The molecule has 0 spiro atoms. The molecule has 0 saturated carbocycles. The van der Waals surface area contributed by atoms with Gasteiger partial charge in [-0.05, 0) is 0 Å². The van der Waals surface area contributed by atoms with Gasteiger partial charge in [0.1, 0.15) is 0 Å². The van der Waals surface area contributed by atoms with E-state index in [1.807, 2.05) is 0 Å². The van der Waals surface area contributed by atoms with Gasteiger partial charge in [0, 0.05) is 10.8 Å². The Balaban J connectivity index is 3.01. The lowest BCUT2D eigenvalue weighted by Crippen LogP contribution is -2.12. The van der Waals surface area contributed by atoms with Crippen LogP contribution in [0.5, 0.6) is 0 Å². The van der Waals surface area contributed by atoms with Crippen LogP contribution in [0.15, 0.2) is 4.42 Å². The zero-order valence-corrected chi connectivity index (χ0v) is 9.30. The highest BCUT2D eigenvalue weighted by Crippen LogP contribution is 2.25. The van der Waals surface area contributed by atoms with Gasteiger partial charge >= 0.3 is 0 Å². The van der Waals surface area contributed by atoms with Crippen LogP contribution < -0.4 is 0 Å². The van der Waals surface area contributed by atoms with Crippen LogP contribution in [0.25, 0.3) is 0 Å². The largest absolute Gasteiger partial charge is 0.424 e. The minimum absolute atomic E-state index is 0.0590. The van der Waals surface area contributed by atoms with Crippen LogP contribution in [0.2, 0.25) is 0 Å². The van der Waals surface area contributed by atoms with Crippen LogP contribution in [-0.2, 0) is 10.8 Å². The minimum atomic E-state index is -0.0590. The fraction of sp³-hybridized carbons (Fsp3) is 0.800. The summed E-state index contributed by atoms with van der Waals surface area (Å²) in [6, 6.07) is 0. The number of hydrogen-bond acceptors (Lipinski definition) is 3. The topological polar surface area (TPSA) is 38.9 Å². The highest BCUT2D eigenvalue weighted by Gasteiger charge is 2.26. The van der Waals surface area contributed by atoms with Crippen molar-refractivity contribution in [3.63, 3.8) is 0 Å². The summed E-state index contributed by atoms with van der Waals surface area (Å²) >= 11 is 0. The van der Waals surface area contributed by atoms with Crippen LogP contribution in [0.4, 0.5) is 0 Å². The number of rotatable bonds is 0. The second-order valence-electron chi connectivity index (χ2n) is 5.41. The molecule has 0 atom stereocenters. The van der Waals surface area contributed by atoms with Gasteiger partial charge in [0.05, 0.1) is 0 Å². The van der Waals surface area contributed by atoms with Gasteiger partial charge in [0.15, 0.2) is 0 Å². The Kier molecular flexibility index (Phi) is 2.22. The molecule has 0 aromatic carbocycles. The third-order valence-electron chi connectivity index (χ3n) is 1.71. The van der Waals surface area contributed by atoms with Crippen molar-refractivity contribution in [2.24, 2.45) is 0 Å². The summed E-state index contributed by atoms with van der Waals surface area (Å²) in [6.45, 7) is 12.4. The Bertz CT molecular complexity index is 260. The van der Waals surface area contributed by atoms with Crippen molar-refractivity contribution < 1.29 is 4.42 Å². The molecule has 1 heterocycles. The lowest BCUT2D eigenvalue weighted by atomic mass is 9.96. The molecule has 74 valence electrons. The molecule has 0 aliphatic rings. The van der Waals surface area contributed by atoms with Crippen molar-refractivity contribution >= 4 is 0 Å². The predicted molar refractivity (Wildman–Crippen MR) is 51.7 cm³/mol. The zero-order chi connectivity index (χ0) is 10.3. The molecule has 13 heavy (non-hydrogen) atoms. The third-order valence-corrected chi connectivity index (χ3v) is 1.71. The van der Waals surface area contributed by atoms with Gasteiger partial charge < -0.3 is 4.42 Å². The van der Waals surface area contributed by atoms with Gasteiger partial charge in [-0.3, -0.25) is 0 Å². The molecule has 0 unspecified atom stereocenters. The van der Waals surface area contributed by atoms with E-state index in [-0.39, 0.29) is 10.8 Å². The number of nitrogens with zero attached hydrogens (tertiary/aromatic N) is 2. The van der Waals surface area contributed by atoms with Gasteiger partial charge in [-0.1, -0.05) is 41.5 Å². The molecule has 3 heteroatoms. The van der Waals surface area contributed by atoms with Crippen LogP contribution in [-0.4, -0.2) is 10.2 Å². The smallest absolute Gasteiger partial charge is 0.221 e. The summed E-state index contributed by atoms with van der Waals surface area (Å²) in [5.41, 5.74) is -0.118. The second kappa shape index (κ2) is 2.82. The maximum atomic E-state index is 5.59. The van der Waals surface area contributed by atoms with Crippen molar-refractivity contribution in [2.45, 2.75) is 52.4 Å². The summed E-state index contributed by atoms with van der Waals surface area (Å²) in [5.74, 6) is 1.41. The Morgan fingerprint density at radius 3 is 1.23 bits per heavy atom. The van der Waals surface area contributed by atoms with Crippen molar-refractivity contribution in [1.29, 1.82) is 0 Å². The van der Waals surface area contributed by atoms with E-state index in [1.54, 1.807) is 0 Å². The Morgan fingerprint density at radius 1 is 0.769 bits per heavy atom. The molecule has 0 saturated heterocycles. The monoisotopic (exact) mass is 182 g/mol. The molecular formula is C10H18N2O. The first kappa shape index (κ1) is 10.2. The molecule has 1 aromatic heterocycles. The summed E-state index contributed by atoms with van der Waals surface area (Å²) in [5, 5.41) is 8.07. The van der Waals surface area contributed by atoms with Crippen molar-refractivity contribution in [3.05, 3.63) is 11.8 Å². The number of hydrogen-bond donors (Lipinski definition) is 0. The van der Waals surface area contributed by atoms with Crippen LogP contribution in [0, 0.1) is 0 Å². The maximum absolute atomic E-state index is 5.59. The highest BCUT2D eigenvalue weighted by molar-refractivity contribution is 5.01. The molecule has 0 fully saturated rings. The first-order valence-corrected chi connectivity index (χ1v) is 4.56. The zero-order valence-electron chi connectivity index (χ0n) is 9.30. The first-order chi connectivity index (χ1) is 5.71. The molecule has 0 bridgehead atoms. The number of aromatic nitrogens is 2.